The molecule has 150 valence electrons. The van der Waals surface area contributed by atoms with Gasteiger partial charge in [-0.2, -0.15) is 0 Å². The summed E-state index contributed by atoms with van der Waals surface area (Å²) in [5.41, 5.74) is 3.65. The predicted molar refractivity (Wildman–Crippen MR) is 118 cm³/mol. The van der Waals surface area contributed by atoms with E-state index in [-0.39, 0.29) is 17.5 Å². The fourth-order valence-electron chi connectivity index (χ4n) is 3.48. The first-order valence-electron chi connectivity index (χ1n) is 9.81. The molecule has 0 atom stereocenters. The van der Waals surface area contributed by atoms with Gasteiger partial charge in [-0.25, -0.2) is 4.90 Å². The summed E-state index contributed by atoms with van der Waals surface area (Å²) in [5.74, 6) is -0.0718. The quantitative estimate of drug-likeness (QED) is 0.614. The van der Waals surface area contributed by atoms with Gasteiger partial charge >= 0.3 is 0 Å². The monoisotopic (exact) mass is 398 g/mol. The molecule has 1 aliphatic heterocycles. The molecule has 3 aromatic carbocycles. The van der Waals surface area contributed by atoms with Gasteiger partial charge in [0.15, 0.2) is 0 Å². The number of carbonyl (C=O) groups is 2. The molecule has 4 rings (SSSR count). The van der Waals surface area contributed by atoms with Crippen LogP contribution in [0.2, 0.25) is 0 Å². The van der Waals surface area contributed by atoms with E-state index in [0.717, 1.165) is 12.0 Å². The maximum absolute atomic E-state index is 13.4. The first kappa shape index (κ1) is 19.5. The van der Waals surface area contributed by atoms with E-state index >= 15 is 0 Å². The number of nitrogens with one attached hydrogen (secondary N) is 1. The Labute approximate surface area is 175 Å². The van der Waals surface area contributed by atoms with Gasteiger partial charge in [-0.3, -0.25) is 9.59 Å². The van der Waals surface area contributed by atoms with Gasteiger partial charge in [0.25, 0.3) is 11.8 Å². The van der Waals surface area contributed by atoms with E-state index in [2.05, 4.69) is 12.2 Å². The minimum absolute atomic E-state index is 0.249. The van der Waals surface area contributed by atoms with Crippen molar-refractivity contribution in [2.24, 2.45) is 0 Å². The number of methoxy groups -OCH3 is 1. The molecule has 5 nitrogen and oxygen atoms in total. The Hall–Kier alpha value is -3.86. The minimum atomic E-state index is -0.383. The van der Waals surface area contributed by atoms with Crippen LogP contribution in [0.3, 0.4) is 0 Å². The Morgan fingerprint density at radius 3 is 2.27 bits per heavy atom. The molecule has 0 aromatic heterocycles. The van der Waals surface area contributed by atoms with Crippen LogP contribution in [0.1, 0.15) is 18.1 Å². The van der Waals surface area contributed by atoms with Crippen molar-refractivity contribution in [3.63, 3.8) is 0 Å². The fourth-order valence-corrected chi connectivity index (χ4v) is 3.48. The molecule has 0 saturated carbocycles. The van der Waals surface area contributed by atoms with E-state index < -0.39 is 0 Å². The van der Waals surface area contributed by atoms with Crippen molar-refractivity contribution in [2.45, 2.75) is 13.3 Å². The maximum Gasteiger partial charge on any atom is 0.282 e. The number of benzene rings is 3. The number of hydrogen-bond acceptors (Lipinski definition) is 4. The maximum atomic E-state index is 13.4. The van der Waals surface area contributed by atoms with Crippen molar-refractivity contribution in [3.8, 4) is 5.75 Å². The smallest absolute Gasteiger partial charge is 0.282 e. The van der Waals surface area contributed by atoms with E-state index in [9.17, 15) is 9.59 Å². The lowest BCUT2D eigenvalue weighted by atomic mass is 10.0. The summed E-state index contributed by atoms with van der Waals surface area (Å²) in [6.45, 7) is 2.06. The van der Waals surface area contributed by atoms with Crippen LogP contribution in [-0.2, 0) is 16.0 Å². The second-order valence-electron chi connectivity index (χ2n) is 6.94. The van der Waals surface area contributed by atoms with E-state index in [1.54, 1.807) is 13.2 Å². The van der Waals surface area contributed by atoms with Crippen LogP contribution in [0.25, 0.3) is 5.57 Å². The number of hydrogen-bond donors (Lipinski definition) is 1. The largest absolute Gasteiger partial charge is 0.497 e. The van der Waals surface area contributed by atoms with E-state index in [1.165, 1.54) is 4.90 Å². The Bertz CT molecular complexity index is 1120. The van der Waals surface area contributed by atoms with Crippen LogP contribution in [-0.4, -0.2) is 18.9 Å². The van der Waals surface area contributed by atoms with Crippen LogP contribution in [0.4, 0.5) is 11.4 Å². The highest BCUT2D eigenvalue weighted by atomic mass is 16.5. The van der Waals surface area contributed by atoms with Gasteiger partial charge < -0.3 is 10.1 Å². The molecule has 3 aromatic rings. The van der Waals surface area contributed by atoms with Crippen LogP contribution in [0.5, 0.6) is 5.75 Å². The second-order valence-corrected chi connectivity index (χ2v) is 6.94. The third-order valence-corrected chi connectivity index (χ3v) is 5.09. The number of anilines is 2. The number of aryl methyl sites for hydroxylation is 1. The average Bonchev–Trinajstić information content (AvgIpc) is 3.04. The summed E-state index contributed by atoms with van der Waals surface area (Å²) < 4.78 is 5.27. The zero-order valence-corrected chi connectivity index (χ0v) is 16.9. The first-order chi connectivity index (χ1) is 14.6. The van der Waals surface area contributed by atoms with Gasteiger partial charge in [0.1, 0.15) is 11.4 Å². The molecule has 0 fully saturated rings. The Balaban J connectivity index is 1.78. The van der Waals surface area contributed by atoms with E-state index in [0.29, 0.717) is 28.3 Å². The molecular formula is C25H22N2O3. The molecule has 0 radical (unpaired) electrons. The first-order valence-corrected chi connectivity index (χ1v) is 9.81. The highest BCUT2D eigenvalue weighted by Crippen LogP contribution is 2.34. The van der Waals surface area contributed by atoms with Crippen molar-refractivity contribution in [3.05, 3.63) is 95.7 Å². The van der Waals surface area contributed by atoms with Crippen LogP contribution >= 0.6 is 0 Å². The Morgan fingerprint density at radius 1 is 0.867 bits per heavy atom. The number of amides is 2. The zero-order chi connectivity index (χ0) is 21.1. The van der Waals surface area contributed by atoms with Gasteiger partial charge in [-0.1, -0.05) is 55.5 Å². The minimum Gasteiger partial charge on any atom is -0.497 e. The molecule has 5 heteroatoms. The van der Waals surface area contributed by atoms with Crippen molar-refractivity contribution in [1.29, 1.82) is 0 Å². The van der Waals surface area contributed by atoms with Crippen LogP contribution in [0.15, 0.2) is 84.6 Å². The summed E-state index contributed by atoms with van der Waals surface area (Å²) in [7, 11) is 1.58. The molecule has 1 heterocycles. The summed E-state index contributed by atoms with van der Waals surface area (Å²) in [6, 6.07) is 24.0. The van der Waals surface area contributed by atoms with Crippen molar-refractivity contribution in [2.75, 3.05) is 17.3 Å². The molecule has 1 N–H and O–H groups in total. The molecule has 0 bridgehead atoms. The molecule has 1 aliphatic rings. The van der Waals surface area contributed by atoms with Gasteiger partial charge in [0.2, 0.25) is 0 Å². The highest BCUT2D eigenvalue weighted by Gasteiger charge is 2.40. The Morgan fingerprint density at radius 2 is 1.60 bits per heavy atom. The summed E-state index contributed by atoms with van der Waals surface area (Å²) in [6.07, 6.45) is 0.887. The number of imide groups is 1. The van der Waals surface area contributed by atoms with Crippen LogP contribution < -0.4 is 15.0 Å². The Kier molecular flexibility index (Phi) is 5.35. The van der Waals surface area contributed by atoms with Gasteiger partial charge in [0, 0.05) is 11.8 Å². The van der Waals surface area contributed by atoms with Gasteiger partial charge in [-0.15, -0.1) is 0 Å². The summed E-state index contributed by atoms with van der Waals surface area (Å²) >= 11 is 0. The molecule has 2 amide bonds. The van der Waals surface area contributed by atoms with Crippen molar-refractivity contribution >= 4 is 28.8 Å². The van der Waals surface area contributed by atoms with Crippen LogP contribution in [0, 0.1) is 0 Å². The third-order valence-electron chi connectivity index (χ3n) is 5.09. The molecule has 0 saturated heterocycles. The molecule has 0 spiro atoms. The molecule has 0 unspecified atom stereocenters. The number of rotatable bonds is 6. The zero-order valence-electron chi connectivity index (χ0n) is 16.9. The molecule has 0 aliphatic carbocycles. The van der Waals surface area contributed by atoms with E-state index in [4.69, 9.17) is 4.74 Å². The fraction of sp³-hybridized carbons (Fsp3) is 0.120. The predicted octanol–water partition coefficient (Wildman–Crippen LogP) is 4.65. The number of nitrogens with zero attached hydrogens (tertiary/aromatic N) is 1. The summed E-state index contributed by atoms with van der Waals surface area (Å²) in [4.78, 5) is 28.0. The third kappa shape index (κ3) is 3.57. The second kappa shape index (κ2) is 8.25. The van der Waals surface area contributed by atoms with Gasteiger partial charge in [0.05, 0.1) is 18.4 Å². The van der Waals surface area contributed by atoms with Crippen molar-refractivity contribution in [1.82, 2.24) is 0 Å². The average molecular weight is 398 g/mol. The topological polar surface area (TPSA) is 58.6 Å². The standard InChI is InChI=1S/C25H22N2O3/c1-3-17-12-14-20(15-13-17)27-24(28)22(18-8-5-4-6-9-18)23(25(27)29)26-19-10-7-11-21(16-19)30-2/h4-16,26H,3H2,1-2H3. The number of carbonyl (C=O) groups excluding carboxylic acids is 2. The summed E-state index contributed by atoms with van der Waals surface area (Å²) in [5, 5.41) is 3.15. The van der Waals surface area contributed by atoms with E-state index in [1.807, 2.05) is 72.8 Å². The normalized spacial score (nSPS) is 13.7. The lowest BCUT2D eigenvalue weighted by molar-refractivity contribution is -0.120. The highest BCUT2D eigenvalue weighted by molar-refractivity contribution is 6.46. The SMILES string of the molecule is CCc1ccc(N2C(=O)C(Nc3cccc(OC)c3)=C(c3ccccc3)C2=O)cc1. The molecular weight excluding hydrogens is 376 g/mol. The van der Waals surface area contributed by atoms with Gasteiger partial charge in [-0.05, 0) is 41.8 Å². The van der Waals surface area contributed by atoms with Crippen molar-refractivity contribution < 1.29 is 14.3 Å². The lowest BCUT2D eigenvalue weighted by Crippen LogP contribution is -2.32. The number of ether oxygens (including phenoxy) is 1. The lowest BCUT2D eigenvalue weighted by Gasteiger charge is -2.16. The molecule has 30 heavy (non-hydrogen) atoms.